The van der Waals surface area contributed by atoms with Crippen molar-refractivity contribution < 1.29 is 9.90 Å². The van der Waals surface area contributed by atoms with Gasteiger partial charge in [-0.25, -0.2) is 9.78 Å². The van der Waals surface area contributed by atoms with Crippen LogP contribution in [-0.2, 0) is 6.54 Å². The molecule has 1 saturated carbocycles. The molecule has 1 aliphatic heterocycles. The first kappa shape index (κ1) is 17.0. The van der Waals surface area contributed by atoms with Crippen molar-refractivity contribution in [2.75, 3.05) is 24.5 Å². The number of hydrogen-bond acceptors (Lipinski definition) is 4. The van der Waals surface area contributed by atoms with Gasteiger partial charge in [0.15, 0.2) is 0 Å². The first-order valence-electron chi connectivity index (χ1n) is 9.03. The van der Waals surface area contributed by atoms with E-state index in [2.05, 4.69) is 26.6 Å². The molecule has 1 saturated heterocycles. The SMILES string of the molecule is Cc1ccc(CNC(=O)NC[C@@H]2CC[C@H](O)C2)c(N2CCCC2)n1. The van der Waals surface area contributed by atoms with Gasteiger partial charge in [-0.15, -0.1) is 0 Å². The Hall–Kier alpha value is -1.82. The Bertz CT molecular complexity index is 572. The highest BCUT2D eigenvalue weighted by Crippen LogP contribution is 2.25. The summed E-state index contributed by atoms with van der Waals surface area (Å²) in [6.45, 7) is 5.20. The van der Waals surface area contributed by atoms with Crippen molar-refractivity contribution in [3.63, 3.8) is 0 Å². The van der Waals surface area contributed by atoms with Crippen LogP contribution in [0, 0.1) is 12.8 Å². The molecule has 2 heterocycles. The zero-order valence-electron chi connectivity index (χ0n) is 14.4. The maximum atomic E-state index is 12.0. The number of hydrogen-bond donors (Lipinski definition) is 3. The van der Waals surface area contributed by atoms with Gasteiger partial charge < -0.3 is 20.6 Å². The molecular weight excluding hydrogens is 304 g/mol. The van der Waals surface area contributed by atoms with Crippen molar-refractivity contribution in [2.45, 2.75) is 51.7 Å². The van der Waals surface area contributed by atoms with Crippen molar-refractivity contribution in [1.82, 2.24) is 15.6 Å². The van der Waals surface area contributed by atoms with Crippen molar-refractivity contribution >= 4 is 11.8 Å². The normalized spacial score (nSPS) is 23.5. The number of aromatic nitrogens is 1. The molecule has 2 atom stereocenters. The van der Waals surface area contributed by atoms with Crippen molar-refractivity contribution in [3.8, 4) is 0 Å². The summed E-state index contributed by atoms with van der Waals surface area (Å²) in [7, 11) is 0. The molecule has 0 aromatic carbocycles. The van der Waals surface area contributed by atoms with E-state index in [4.69, 9.17) is 0 Å². The lowest BCUT2D eigenvalue weighted by atomic mass is 10.1. The average molecular weight is 332 g/mol. The number of anilines is 1. The second kappa shape index (κ2) is 7.83. The second-order valence-corrected chi connectivity index (χ2v) is 7.03. The standard InChI is InChI=1S/C18H28N4O2/c1-13-4-6-15(17(21-13)22-8-2-3-9-22)12-20-18(24)19-11-14-5-7-16(23)10-14/h4,6,14,16,23H,2-3,5,7-12H2,1H3,(H2,19,20,24)/t14-,16+/m1/s1. The van der Waals surface area contributed by atoms with Gasteiger partial charge in [-0.3, -0.25) is 0 Å². The predicted octanol–water partition coefficient (Wildman–Crippen LogP) is 1.95. The van der Waals surface area contributed by atoms with Crippen LogP contribution < -0.4 is 15.5 Å². The topological polar surface area (TPSA) is 77.5 Å². The first-order chi connectivity index (χ1) is 11.6. The number of urea groups is 1. The molecule has 3 N–H and O–H groups in total. The van der Waals surface area contributed by atoms with Crippen LogP contribution in [0.5, 0.6) is 0 Å². The molecule has 0 radical (unpaired) electrons. The summed E-state index contributed by atoms with van der Waals surface area (Å²) in [5.41, 5.74) is 2.07. The summed E-state index contributed by atoms with van der Waals surface area (Å²) in [6.07, 6.45) is 4.85. The van der Waals surface area contributed by atoms with Crippen LogP contribution in [-0.4, -0.2) is 41.9 Å². The third-order valence-electron chi connectivity index (χ3n) is 5.01. The third-order valence-corrected chi connectivity index (χ3v) is 5.01. The molecule has 0 bridgehead atoms. The number of aliphatic hydroxyl groups is 1. The molecule has 24 heavy (non-hydrogen) atoms. The van der Waals surface area contributed by atoms with E-state index in [9.17, 15) is 9.90 Å². The first-order valence-corrected chi connectivity index (χ1v) is 9.03. The van der Waals surface area contributed by atoms with Gasteiger partial charge in [0.2, 0.25) is 0 Å². The summed E-state index contributed by atoms with van der Waals surface area (Å²) in [5.74, 6) is 1.40. The van der Waals surface area contributed by atoms with Crippen LogP contribution >= 0.6 is 0 Å². The zero-order chi connectivity index (χ0) is 16.9. The molecule has 1 aromatic rings. The minimum Gasteiger partial charge on any atom is -0.393 e. The molecule has 2 fully saturated rings. The van der Waals surface area contributed by atoms with E-state index in [-0.39, 0.29) is 12.1 Å². The van der Waals surface area contributed by atoms with E-state index in [1.165, 1.54) is 12.8 Å². The Balaban J connectivity index is 1.51. The highest BCUT2D eigenvalue weighted by atomic mass is 16.3. The van der Waals surface area contributed by atoms with E-state index < -0.39 is 0 Å². The zero-order valence-corrected chi connectivity index (χ0v) is 14.4. The van der Waals surface area contributed by atoms with Crippen LogP contribution in [0.25, 0.3) is 0 Å². The van der Waals surface area contributed by atoms with Crippen molar-refractivity contribution in [2.24, 2.45) is 5.92 Å². The number of rotatable bonds is 5. The summed E-state index contributed by atoms with van der Waals surface area (Å²) in [4.78, 5) is 19.0. The van der Waals surface area contributed by atoms with Crippen molar-refractivity contribution in [3.05, 3.63) is 23.4 Å². The molecule has 6 nitrogen and oxygen atoms in total. The highest BCUT2D eigenvalue weighted by molar-refractivity contribution is 5.74. The van der Waals surface area contributed by atoms with Gasteiger partial charge in [0.05, 0.1) is 6.10 Å². The number of pyridine rings is 1. The monoisotopic (exact) mass is 332 g/mol. The van der Waals surface area contributed by atoms with E-state index in [0.29, 0.717) is 19.0 Å². The number of aliphatic hydroxyl groups excluding tert-OH is 1. The predicted molar refractivity (Wildman–Crippen MR) is 94.0 cm³/mol. The number of carbonyl (C=O) groups is 1. The lowest BCUT2D eigenvalue weighted by Crippen LogP contribution is -2.38. The minimum absolute atomic E-state index is 0.149. The molecule has 1 aliphatic carbocycles. The molecule has 0 unspecified atom stereocenters. The minimum atomic E-state index is -0.193. The summed E-state index contributed by atoms with van der Waals surface area (Å²) >= 11 is 0. The molecule has 0 spiro atoms. The number of nitrogens with zero attached hydrogens (tertiary/aromatic N) is 2. The molecule has 2 amide bonds. The summed E-state index contributed by atoms with van der Waals surface area (Å²) < 4.78 is 0. The Morgan fingerprint density at radius 2 is 2.08 bits per heavy atom. The third kappa shape index (κ3) is 4.38. The van der Waals surface area contributed by atoms with E-state index in [1.54, 1.807) is 0 Å². The van der Waals surface area contributed by atoms with Crippen LogP contribution in [0.2, 0.25) is 0 Å². The van der Waals surface area contributed by atoms with Gasteiger partial charge >= 0.3 is 6.03 Å². The number of amides is 2. The molecule has 6 heteroatoms. The Morgan fingerprint density at radius 3 is 2.79 bits per heavy atom. The van der Waals surface area contributed by atoms with Gasteiger partial charge in [0, 0.05) is 37.4 Å². The van der Waals surface area contributed by atoms with E-state index in [1.807, 2.05) is 13.0 Å². The summed E-state index contributed by atoms with van der Waals surface area (Å²) in [5, 5.41) is 15.4. The Kier molecular flexibility index (Phi) is 5.56. The van der Waals surface area contributed by atoms with Gasteiger partial charge in [-0.1, -0.05) is 6.07 Å². The van der Waals surface area contributed by atoms with Gasteiger partial charge in [0.25, 0.3) is 0 Å². The average Bonchev–Trinajstić information content (AvgIpc) is 3.23. The van der Waals surface area contributed by atoms with Crippen LogP contribution in [0.4, 0.5) is 10.6 Å². The number of nitrogens with one attached hydrogen (secondary N) is 2. The maximum Gasteiger partial charge on any atom is 0.315 e. The maximum absolute atomic E-state index is 12.0. The van der Waals surface area contributed by atoms with Crippen LogP contribution in [0.3, 0.4) is 0 Å². The lowest BCUT2D eigenvalue weighted by molar-refractivity contribution is 0.177. The lowest BCUT2D eigenvalue weighted by Gasteiger charge is -2.21. The van der Waals surface area contributed by atoms with Gasteiger partial charge in [-0.2, -0.15) is 0 Å². The molecule has 3 rings (SSSR count). The Labute approximate surface area is 143 Å². The van der Waals surface area contributed by atoms with E-state index in [0.717, 1.165) is 49.4 Å². The molecule has 1 aromatic heterocycles. The largest absolute Gasteiger partial charge is 0.393 e. The second-order valence-electron chi connectivity index (χ2n) is 7.03. The highest BCUT2D eigenvalue weighted by Gasteiger charge is 2.23. The smallest absolute Gasteiger partial charge is 0.315 e. The van der Waals surface area contributed by atoms with Crippen LogP contribution in [0.15, 0.2) is 12.1 Å². The van der Waals surface area contributed by atoms with Gasteiger partial charge in [0.1, 0.15) is 5.82 Å². The number of aryl methyl sites for hydroxylation is 1. The fraction of sp³-hybridized carbons (Fsp3) is 0.667. The molecule has 132 valence electrons. The Morgan fingerprint density at radius 1 is 1.29 bits per heavy atom. The number of carbonyl (C=O) groups excluding carboxylic acids is 1. The van der Waals surface area contributed by atoms with E-state index >= 15 is 0 Å². The quantitative estimate of drug-likeness (QED) is 0.770. The fourth-order valence-electron chi connectivity index (χ4n) is 3.62. The molecular formula is C18H28N4O2. The van der Waals surface area contributed by atoms with Crippen molar-refractivity contribution in [1.29, 1.82) is 0 Å². The van der Waals surface area contributed by atoms with Gasteiger partial charge in [-0.05, 0) is 51.0 Å². The fourth-order valence-corrected chi connectivity index (χ4v) is 3.62. The summed E-state index contributed by atoms with van der Waals surface area (Å²) in [6, 6.07) is 3.90. The van der Waals surface area contributed by atoms with Crippen LogP contribution in [0.1, 0.15) is 43.4 Å². The molecule has 2 aliphatic rings.